The molecule has 0 fully saturated rings. The van der Waals surface area contributed by atoms with E-state index in [4.69, 9.17) is 5.73 Å². The molecule has 0 amide bonds. The van der Waals surface area contributed by atoms with Crippen molar-refractivity contribution < 1.29 is 0 Å². The topological polar surface area (TPSA) is 54.7 Å². The van der Waals surface area contributed by atoms with Crippen molar-refractivity contribution in [3.05, 3.63) is 29.1 Å². The Morgan fingerprint density at radius 2 is 2.12 bits per heavy atom. The molecule has 0 aliphatic heterocycles. The van der Waals surface area contributed by atoms with Crippen molar-refractivity contribution in [2.75, 3.05) is 0 Å². The summed E-state index contributed by atoms with van der Waals surface area (Å²) in [4.78, 5) is 8.05. The molecule has 1 aromatic heterocycles. The molecule has 0 aliphatic rings. The number of hydrogen-bond donors (Lipinski definition) is 2. The zero-order chi connectivity index (χ0) is 12.4. The quantitative estimate of drug-likeness (QED) is 0.850. The molecular weight excluding hydrogens is 210 g/mol. The molecule has 2 rings (SSSR count). The van der Waals surface area contributed by atoms with Gasteiger partial charge in [-0.2, -0.15) is 0 Å². The van der Waals surface area contributed by atoms with Crippen LogP contribution in [0, 0.1) is 13.8 Å². The van der Waals surface area contributed by atoms with E-state index in [0.29, 0.717) is 0 Å². The molecular formula is C14H21N3. The number of nitrogens with one attached hydrogen (secondary N) is 1. The summed E-state index contributed by atoms with van der Waals surface area (Å²) >= 11 is 0. The van der Waals surface area contributed by atoms with Crippen molar-refractivity contribution in [3.8, 4) is 0 Å². The number of hydrogen-bond acceptors (Lipinski definition) is 2. The van der Waals surface area contributed by atoms with E-state index in [9.17, 15) is 0 Å². The SMILES string of the molecule is Cc1cc(C)c2nc(CCCC(C)N)[nH]c2c1. The van der Waals surface area contributed by atoms with Crippen molar-refractivity contribution >= 4 is 11.0 Å². The van der Waals surface area contributed by atoms with Gasteiger partial charge in [-0.3, -0.25) is 0 Å². The van der Waals surface area contributed by atoms with E-state index < -0.39 is 0 Å². The lowest BCUT2D eigenvalue weighted by molar-refractivity contribution is 0.616. The molecule has 0 bridgehead atoms. The van der Waals surface area contributed by atoms with Gasteiger partial charge >= 0.3 is 0 Å². The largest absolute Gasteiger partial charge is 0.342 e. The second kappa shape index (κ2) is 4.88. The number of rotatable bonds is 4. The van der Waals surface area contributed by atoms with Crippen molar-refractivity contribution in [2.45, 2.75) is 46.1 Å². The van der Waals surface area contributed by atoms with Crippen LogP contribution in [0.4, 0.5) is 0 Å². The second-order valence-electron chi connectivity index (χ2n) is 5.03. The minimum Gasteiger partial charge on any atom is -0.342 e. The third-order valence-corrected chi connectivity index (χ3v) is 3.04. The van der Waals surface area contributed by atoms with Gasteiger partial charge in [0.15, 0.2) is 0 Å². The molecule has 1 heterocycles. The smallest absolute Gasteiger partial charge is 0.107 e. The Morgan fingerprint density at radius 1 is 1.35 bits per heavy atom. The van der Waals surface area contributed by atoms with Gasteiger partial charge in [0.1, 0.15) is 5.82 Å². The maximum atomic E-state index is 5.75. The molecule has 92 valence electrons. The van der Waals surface area contributed by atoms with E-state index in [1.165, 1.54) is 11.1 Å². The highest BCUT2D eigenvalue weighted by molar-refractivity contribution is 5.79. The van der Waals surface area contributed by atoms with E-state index >= 15 is 0 Å². The maximum Gasteiger partial charge on any atom is 0.107 e. The molecule has 0 spiro atoms. The van der Waals surface area contributed by atoms with E-state index in [1.54, 1.807) is 0 Å². The minimum atomic E-state index is 0.281. The van der Waals surface area contributed by atoms with Gasteiger partial charge in [0.2, 0.25) is 0 Å². The van der Waals surface area contributed by atoms with Gasteiger partial charge in [-0.15, -0.1) is 0 Å². The first-order valence-electron chi connectivity index (χ1n) is 6.27. The number of benzene rings is 1. The van der Waals surface area contributed by atoms with Crippen LogP contribution in [0.5, 0.6) is 0 Å². The van der Waals surface area contributed by atoms with Gasteiger partial charge < -0.3 is 10.7 Å². The Labute approximate surface area is 102 Å². The molecule has 0 radical (unpaired) electrons. The maximum absolute atomic E-state index is 5.75. The highest BCUT2D eigenvalue weighted by Crippen LogP contribution is 2.19. The number of nitrogens with zero attached hydrogens (tertiary/aromatic N) is 1. The first-order chi connectivity index (χ1) is 8.06. The molecule has 0 saturated heterocycles. The number of aromatic nitrogens is 2. The molecule has 0 aliphatic carbocycles. The van der Waals surface area contributed by atoms with Crippen LogP contribution in [0.1, 0.15) is 36.7 Å². The summed E-state index contributed by atoms with van der Waals surface area (Å²) in [6.07, 6.45) is 3.12. The predicted octanol–water partition coefficient (Wildman–Crippen LogP) is 2.85. The van der Waals surface area contributed by atoms with Crippen molar-refractivity contribution in [3.63, 3.8) is 0 Å². The highest BCUT2D eigenvalue weighted by atomic mass is 14.9. The van der Waals surface area contributed by atoms with E-state index in [2.05, 4.69) is 35.9 Å². The molecule has 2 aromatic rings. The second-order valence-corrected chi connectivity index (χ2v) is 5.03. The number of imidazole rings is 1. The standard InChI is InChI=1S/C14H21N3/c1-9-7-10(2)14-12(8-9)16-13(17-14)6-4-5-11(3)15/h7-8,11H,4-6,15H2,1-3H3,(H,16,17). The van der Waals surface area contributed by atoms with Crippen LogP contribution in [-0.2, 0) is 6.42 Å². The predicted molar refractivity (Wildman–Crippen MR) is 72.2 cm³/mol. The first-order valence-corrected chi connectivity index (χ1v) is 6.27. The van der Waals surface area contributed by atoms with Crippen LogP contribution in [0.3, 0.4) is 0 Å². The third kappa shape index (κ3) is 2.86. The summed E-state index contributed by atoms with van der Waals surface area (Å²) < 4.78 is 0. The van der Waals surface area contributed by atoms with Gasteiger partial charge in [-0.05, 0) is 50.8 Å². The number of fused-ring (bicyclic) bond motifs is 1. The van der Waals surface area contributed by atoms with Crippen LogP contribution in [-0.4, -0.2) is 16.0 Å². The van der Waals surface area contributed by atoms with Gasteiger partial charge in [0, 0.05) is 12.5 Å². The van der Waals surface area contributed by atoms with E-state index in [-0.39, 0.29) is 6.04 Å². The molecule has 17 heavy (non-hydrogen) atoms. The zero-order valence-corrected chi connectivity index (χ0v) is 10.9. The number of aromatic amines is 1. The molecule has 3 heteroatoms. The average molecular weight is 231 g/mol. The van der Waals surface area contributed by atoms with E-state index in [0.717, 1.165) is 36.1 Å². The Bertz CT molecular complexity index is 511. The van der Waals surface area contributed by atoms with Crippen molar-refractivity contribution in [1.82, 2.24) is 9.97 Å². The minimum absolute atomic E-state index is 0.281. The molecule has 0 saturated carbocycles. The van der Waals surface area contributed by atoms with Crippen LogP contribution >= 0.6 is 0 Å². The highest BCUT2D eigenvalue weighted by Gasteiger charge is 2.06. The van der Waals surface area contributed by atoms with Gasteiger partial charge in [0.05, 0.1) is 11.0 Å². The summed E-state index contributed by atoms with van der Waals surface area (Å²) in [7, 11) is 0. The Kier molecular flexibility index (Phi) is 3.48. The molecule has 1 unspecified atom stereocenters. The Morgan fingerprint density at radius 3 is 2.82 bits per heavy atom. The number of H-pyrrole nitrogens is 1. The lowest BCUT2D eigenvalue weighted by Crippen LogP contribution is -2.14. The third-order valence-electron chi connectivity index (χ3n) is 3.04. The number of nitrogens with two attached hydrogens (primary N) is 1. The van der Waals surface area contributed by atoms with Crippen LogP contribution in [0.2, 0.25) is 0 Å². The fraction of sp³-hybridized carbons (Fsp3) is 0.500. The Balaban J connectivity index is 2.17. The lowest BCUT2D eigenvalue weighted by atomic mass is 10.1. The number of aryl methyl sites for hydroxylation is 3. The fourth-order valence-electron chi connectivity index (χ4n) is 2.23. The fourth-order valence-corrected chi connectivity index (χ4v) is 2.23. The lowest BCUT2D eigenvalue weighted by Gasteiger charge is -2.01. The van der Waals surface area contributed by atoms with Crippen LogP contribution in [0.15, 0.2) is 12.1 Å². The average Bonchev–Trinajstić information content (AvgIpc) is 2.60. The summed E-state index contributed by atoms with van der Waals surface area (Å²) in [5.41, 5.74) is 10.5. The van der Waals surface area contributed by atoms with Crippen LogP contribution < -0.4 is 5.73 Å². The summed E-state index contributed by atoms with van der Waals surface area (Å²) in [6.45, 7) is 6.27. The molecule has 1 atom stereocenters. The zero-order valence-electron chi connectivity index (χ0n) is 10.9. The first kappa shape index (κ1) is 12.1. The molecule has 1 aromatic carbocycles. The normalized spacial score (nSPS) is 13.2. The molecule has 3 nitrogen and oxygen atoms in total. The van der Waals surface area contributed by atoms with E-state index in [1.807, 2.05) is 6.92 Å². The molecule has 3 N–H and O–H groups in total. The summed E-state index contributed by atoms with van der Waals surface area (Å²) in [6, 6.07) is 4.61. The summed E-state index contributed by atoms with van der Waals surface area (Å²) in [5, 5.41) is 0. The van der Waals surface area contributed by atoms with Gasteiger partial charge in [-0.25, -0.2) is 4.98 Å². The van der Waals surface area contributed by atoms with Gasteiger partial charge in [-0.1, -0.05) is 6.07 Å². The van der Waals surface area contributed by atoms with Crippen molar-refractivity contribution in [2.24, 2.45) is 5.73 Å². The van der Waals surface area contributed by atoms with Gasteiger partial charge in [0.25, 0.3) is 0 Å². The monoisotopic (exact) mass is 231 g/mol. The summed E-state index contributed by atoms with van der Waals surface area (Å²) in [5.74, 6) is 1.08. The van der Waals surface area contributed by atoms with Crippen LogP contribution in [0.25, 0.3) is 11.0 Å². The van der Waals surface area contributed by atoms with Crippen molar-refractivity contribution in [1.29, 1.82) is 0 Å². The Hall–Kier alpha value is -1.35.